The largest absolute Gasteiger partial charge is 0.338 e. The Kier molecular flexibility index (Phi) is 5.17. The number of nitrogens with zero attached hydrogens (tertiary/aromatic N) is 3. The van der Waals surface area contributed by atoms with Crippen molar-refractivity contribution in [2.75, 3.05) is 19.6 Å². The summed E-state index contributed by atoms with van der Waals surface area (Å²) in [5.74, 6) is 0.926. The quantitative estimate of drug-likeness (QED) is 0.892. The van der Waals surface area contributed by atoms with E-state index in [0.29, 0.717) is 12.0 Å². The molecule has 0 unspecified atom stereocenters. The summed E-state index contributed by atoms with van der Waals surface area (Å²) in [7, 11) is 0. The van der Waals surface area contributed by atoms with Crippen LogP contribution in [0.5, 0.6) is 0 Å². The lowest BCUT2D eigenvalue weighted by molar-refractivity contribution is 0.0689. The van der Waals surface area contributed by atoms with Crippen molar-refractivity contribution in [2.24, 2.45) is 5.92 Å². The highest BCUT2D eigenvalue weighted by atomic mass is 32.1. The monoisotopic (exact) mass is 358 g/mol. The summed E-state index contributed by atoms with van der Waals surface area (Å²) in [5, 5.41) is 7.78. The molecular weight excluding hydrogens is 332 g/mol. The number of piperidine rings is 1. The van der Waals surface area contributed by atoms with Gasteiger partial charge in [-0.15, -0.1) is 11.3 Å². The third kappa shape index (κ3) is 3.96. The lowest BCUT2D eigenvalue weighted by atomic mass is 9.93. The smallest absolute Gasteiger partial charge is 0.263 e. The molecular formula is C19H26N4OS. The summed E-state index contributed by atoms with van der Waals surface area (Å²) in [5.41, 5.74) is 0. The van der Waals surface area contributed by atoms with Crippen LogP contribution in [0.1, 0.15) is 52.7 Å². The van der Waals surface area contributed by atoms with Crippen LogP contribution in [0.3, 0.4) is 0 Å². The highest BCUT2D eigenvalue weighted by Crippen LogP contribution is 2.31. The van der Waals surface area contributed by atoms with E-state index in [1.54, 1.807) is 11.3 Å². The zero-order valence-corrected chi connectivity index (χ0v) is 15.4. The van der Waals surface area contributed by atoms with E-state index in [4.69, 9.17) is 0 Å². The van der Waals surface area contributed by atoms with Crippen molar-refractivity contribution in [2.45, 2.75) is 44.7 Å². The van der Waals surface area contributed by atoms with E-state index in [0.717, 1.165) is 50.3 Å². The van der Waals surface area contributed by atoms with Gasteiger partial charge in [0.05, 0.1) is 4.88 Å². The fourth-order valence-corrected chi connectivity index (χ4v) is 5.00. The maximum Gasteiger partial charge on any atom is 0.263 e. The molecule has 2 fully saturated rings. The van der Waals surface area contributed by atoms with Gasteiger partial charge < -0.3 is 10.2 Å². The van der Waals surface area contributed by atoms with E-state index in [1.165, 1.54) is 17.7 Å². The lowest BCUT2D eigenvalue weighted by Crippen LogP contribution is -2.38. The molecule has 2 aliphatic rings. The maximum atomic E-state index is 12.8. The predicted octanol–water partition coefficient (Wildman–Crippen LogP) is 3.31. The molecule has 0 bridgehead atoms. The Labute approximate surface area is 153 Å². The normalized spacial score (nSPS) is 21.8. The predicted molar refractivity (Wildman–Crippen MR) is 99.8 cm³/mol. The van der Waals surface area contributed by atoms with Gasteiger partial charge in [-0.1, -0.05) is 0 Å². The van der Waals surface area contributed by atoms with Crippen LogP contribution in [0.15, 0.2) is 30.6 Å². The zero-order chi connectivity index (χ0) is 17.1. The number of likely N-dealkylation sites (tertiary alicyclic amines) is 1. The molecule has 2 aromatic rings. The molecule has 1 amide bonds. The van der Waals surface area contributed by atoms with Crippen LogP contribution in [0, 0.1) is 5.92 Å². The van der Waals surface area contributed by atoms with Crippen molar-refractivity contribution in [3.63, 3.8) is 0 Å². The molecule has 5 nitrogen and oxygen atoms in total. The van der Waals surface area contributed by atoms with Crippen LogP contribution in [-0.2, 0) is 6.54 Å². The summed E-state index contributed by atoms with van der Waals surface area (Å²) in [6, 6.07) is 6.58. The van der Waals surface area contributed by atoms with Crippen LogP contribution in [0.25, 0.3) is 0 Å². The second kappa shape index (κ2) is 7.70. The Balaban J connectivity index is 1.27. The van der Waals surface area contributed by atoms with E-state index in [2.05, 4.69) is 16.5 Å². The molecule has 134 valence electrons. The Hall–Kier alpha value is -1.66. The van der Waals surface area contributed by atoms with Gasteiger partial charge in [0.15, 0.2) is 0 Å². The van der Waals surface area contributed by atoms with Crippen molar-refractivity contribution < 1.29 is 4.79 Å². The maximum absolute atomic E-state index is 12.8. The lowest BCUT2D eigenvalue weighted by Gasteiger charge is -2.31. The first-order valence-electron chi connectivity index (χ1n) is 9.39. The van der Waals surface area contributed by atoms with Crippen molar-refractivity contribution in [3.05, 3.63) is 40.3 Å². The molecule has 0 aromatic carbocycles. The number of nitrogens with one attached hydrogen (secondary N) is 1. The number of carbonyl (C=O) groups excluding carboxylic acids is 1. The number of amides is 1. The van der Waals surface area contributed by atoms with Gasteiger partial charge in [-0.25, -0.2) is 0 Å². The standard InChI is InChI=1S/C19H26N4OS/c24-19(18-5-4-17(25-18)16-3-1-9-20-16)22-12-6-15(7-13-22)8-14-23-11-2-10-21-23/h2,4-5,10-11,15-16,20H,1,3,6-9,12-14H2/t16-/m0/s1. The van der Waals surface area contributed by atoms with Crippen LogP contribution in [0.4, 0.5) is 0 Å². The average Bonchev–Trinajstić information content (AvgIpc) is 3.42. The first kappa shape index (κ1) is 16.8. The van der Waals surface area contributed by atoms with Crippen molar-refractivity contribution in [1.82, 2.24) is 20.0 Å². The number of hydrogen-bond donors (Lipinski definition) is 1. The molecule has 2 saturated heterocycles. The fourth-order valence-electron chi connectivity index (χ4n) is 3.91. The second-order valence-corrected chi connectivity index (χ2v) is 8.26. The van der Waals surface area contributed by atoms with E-state index >= 15 is 0 Å². The van der Waals surface area contributed by atoms with E-state index in [-0.39, 0.29) is 5.91 Å². The number of hydrogen-bond acceptors (Lipinski definition) is 4. The molecule has 6 heteroatoms. The minimum absolute atomic E-state index is 0.222. The first-order chi connectivity index (χ1) is 12.3. The fraction of sp³-hybridized carbons (Fsp3) is 0.579. The number of rotatable bonds is 5. The highest BCUT2D eigenvalue weighted by Gasteiger charge is 2.26. The first-order valence-corrected chi connectivity index (χ1v) is 10.2. The molecule has 1 N–H and O–H groups in total. The van der Waals surface area contributed by atoms with Crippen LogP contribution >= 0.6 is 11.3 Å². The highest BCUT2D eigenvalue weighted by molar-refractivity contribution is 7.14. The van der Waals surface area contributed by atoms with E-state index < -0.39 is 0 Å². The summed E-state index contributed by atoms with van der Waals surface area (Å²) in [6.45, 7) is 3.85. The van der Waals surface area contributed by atoms with Crippen molar-refractivity contribution in [3.8, 4) is 0 Å². The van der Waals surface area contributed by atoms with Gasteiger partial charge in [0.2, 0.25) is 0 Å². The van der Waals surface area contributed by atoms with Gasteiger partial charge in [0.1, 0.15) is 0 Å². The SMILES string of the molecule is O=C(c1ccc([C@@H]2CCCN2)s1)N1CCC(CCn2cccn2)CC1. The molecule has 2 aliphatic heterocycles. The van der Waals surface area contributed by atoms with Crippen molar-refractivity contribution in [1.29, 1.82) is 0 Å². The Bertz CT molecular complexity index is 682. The Morgan fingerprint density at radius 3 is 2.88 bits per heavy atom. The van der Waals surface area contributed by atoms with Gasteiger partial charge in [-0.05, 0) is 62.8 Å². The minimum atomic E-state index is 0.222. The topological polar surface area (TPSA) is 50.2 Å². The van der Waals surface area contributed by atoms with Gasteiger partial charge >= 0.3 is 0 Å². The van der Waals surface area contributed by atoms with Gasteiger partial charge in [-0.2, -0.15) is 5.10 Å². The molecule has 1 atom stereocenters. The molecule has 25 heavy (non-hydrogen) atoms. The number of thiophene rings is 1. The summed E-state index contributed by atoms with van der Waals surface area (Å²) < 4.78 is 2.00. The molecule has 2 aromatic heterocycles. The van der Waals surface area contributed by atoms with E-state index in [9.17, 15) is 4.79 Å². The molecule has 4 rings (SSSR count). The van der Waals surface area contributed by atoms with Gasteiger partial charge in [-0.3, -0.25) is 9.48 Å². The molecule has 0 spiro atoms. The number of aryl methyl sites for hydroxylation is 1. The van der Waals surface area contributed by atoms with Gasteiger partial charge in [0, 0.05) is 42.9 Å². The number of aromatic nitrogens is 2. The molecule has 0 radical (unpaired) electrons. The van der Waals surface area contributed by atoms with Crippen LogP contribution in [0.2, 0.25) is 0 Å². The third-order valence-corrected chi connectivity index (χ3v) is 6.66. The van der Waals surface area contributed by atoms with E-state index in [1.807, 2.05) is 34.1 Å². The Morgan fingerprint density at radius 2 is 2.16 bits per heavy atom. The Morgan fingerprint density at radius 1 is 1.28 bits per heavy atom. The minimum Gasteiger partial charge on any atom is -0.338 e. The summed E-state index contributed by atoms with van der Waals surface area (Å²) >= 11 is 1.68. The summed E-state index contributed by atoms with van der Waals surface area (Å²) in [4.78, 5) is 17.0. The van der Waals surface area contributed by atoms with Gasteiger partial charge in [0.25, 0.3) is 5.91 Å². The van der Waals surface area contributed by atoms with Crippen molar-refractivity contribution >= 4 is 17.2 Å². The average molecular weight is 359 g/mol. The number of carbonyl (C=O) groups is 1. The third-order valence-electron chi connectivity index (χ3n) is 5.47. The second-order valence-electron chi connectivity index (χ2n) is 7.14. The zero-order valence-electron chi connectivity index (χ0n) is 14.6. The van der Waals surface area contributed by atoms with Crippen LogP contribution in [-0.4, -0.2) is 40.2 Å². The molecule has 4 heterocycles. The summed E-state index contributed by atoms with van der Waals surface area (Å²) in [6.07, 6.45) is 9.64. The molecule has 0 aliphatic carbocycles. The van der Waals surface area contributed by atoms with Crippen LogP contribution < -0.4 is 5.32 Å². The molecule has 0 saturated carbocycles.